The molecular weight excluding hydrogens is 314 g/mol. The SMILES string of the molecule is COc1ccc([C@H]2CN(Cc3ccc(C)nc3)CCN2C(C)=O)cc1. The largest absolute Gasteiger partial charge is 0.497 e. The van der Waals surface area contributed by atoms with E-state index in [1.807, 2.05) is 36.2 Å². The Morgan fingerprint density at radius 1 is 1.20 bits per heavy atom. The molecule has 1 saturated heterocycles. The van der Waals surface area contributed by atoms with Crippen LogP contribution in [0.5, 0.6) is 5.75 Å². The Morgan fingerprint density at radius 3 is 2.56 bits per heavy atom. The van der Waals surface area contributed by atoms with Gasteiger partial charge in [-0.3, -0.25) is 14.7 Å². The zero-order chi connectivity index (χ0) is 17.8. The van der Waals surface area contributed by atoms with Gasteiger partial charge in [0.1, 0.15) is 5.75 Å². The van der Waals surface area contributed by atoms with Crippen molar-refractivity contribution in [2.24, 2.45) is 0 Å². The molecule has 0 radical (unpaired) electrons. The van der Waals surface area contributed by atoms with Crippen LogP contribution in [0.15, 0.2) is 42.6 Å². The van der Waals surface area contributed by atoms with Crippen LogP contribution < -0.4 is 4.74 Å². The molecule has 0 aliphatic carbocycles. The first-order valence-electron chi connectivity index (χ1n) is 8.62. The maximum atomic E-state index is 12.1. The zero-order valence-corrected chi connectivity index (χ0v) is 15.1. The molecule has 1 aromatic carbocycles. The van der Waals surface area contributed by atoms with Gasteiger partial charge in [0.2, 0.25) is 5.91 Å². The Hall–Kier alpha value is -2.40. The van der Waals surface area contributed by atoms with Crippen molar-refractivity contribution in [1.82, 2.24) is 14.8 Å². The fourth-order valence-corrected chi connectivity index (χ4v) is 3.32. The van der Waals surface area contributed by atoms with Crippen molar-refractivity contribution in [2.45, 2.75) is 26.4 Å². The maximum Gasteiger partial charge on any atom is 0.220 e. The highest BCUT2D eigenvalue weighted by molar-refractivity contribution is 5.74. The number of nitrogens with zero attached hydrogens (tertiary/aromatic N) is 3. The highest BCUT2D eigenvalue weighted by Crippen LogP contribution is 2.28. The van der Waals surface area contributed by atoms with E-state index in [1.54, 1.807) is 14.0 Å². The first kappa shape index (κ1) is 17.4. The van der Waals surface area contributed by atoms with Crippen LogP contribution in [0.25, 0.3) is 0 Å². The first-order chi connectivity index (χ1) is 12.1. The average Bonchev–Trinajstić information content (AvgIpc) is 2.63. The predicted molar refractivity (Wildman–Crippen MR) is 97.4 cm³/mol. The normalized spacial score (nSPS) is 18.2. The van der Waals surface area contributed by atoms with Crippen LogP contribution >= 0.6 is 0 Å². The molecule has 1 aromatic heterocycles. The molecule has 2 aromatic rings. The van der Waals surface area contributed by atoms with E-state index in [2.05, 4.69) is 28.1 Å². The van der Waals surface area contributed by atoms with Gasteiger partial charge in [-0.05, 0) is 36.2 Å². The monoisotopic (exact) mass is 339 g/mol. The minimum Gasteiger partial charge on any atom is -0.497 e. The lowest BCUT2D eigenvalue weighted by Gasteiger charge is -2.41. The zero-order valence-electron chi connectivity index (χ0n) is 15.1. The summed E-state index contributed by atoms with van der Waals surface area (Å²) in [4.78, 5) is 20.8. The summed E-state index contributed by atoms with van der Waals surface area (Å²) in [5.74, 6) is 0.953. The number of hydrogen-bond donors (Lipinski definition) is 0. The molecule has 2 heterocycles. The second-order valence-electron chi connectivity index (χ2n) is 6.54. The molecule has 1 atom stereocenters. The van der Waals surface area contributed by atoms with Gasteiger partial charge in [0.05, 0.1) is 13.2 Å². The van der Waals surface area contributed by atoms with E-state index in [4.69, 9.17) is 4.74 Å². The van der Waals surface area contributed by atoms with Crippen LogP contribution in [0, 0.1) is 6.92 Å². The maximum absolute atomic E-state index is 12.1. The molecule has 0 bridgehead atoms. The lowest BCUT2D eigenvalue weighted by atomic mass is 10.0. The fraction of sp³-hybridized carbons (Fsp3) is 0.400. The van der Waals surface area contributed by atoms with Crippen molar-refractivity contribution >= 4 is 5.91 Å². The molecule has 1 fully saturated rings. The fourth-order valence-electron chi connectivity index (χ4n) is 3.32. The van der Waals surface area contributed by atoms with E-state index < -0.39 is 0 Å². The molecule has 0 unspecified atom stereocenters. The molecule has 0 saturated carbocycles. The Balaban J connectivity index is 1.76. The van der Waals surface area contributed by atoms with Crippen LogP contribution in [-0.2, 0) is 11.3 Å². The van der Waals surface area contributed by atoms with E-state index in [0.717, 1.165) is 43.2 Å². The highest BCUT2D eigenvalue weighted by atomic mass is 16.5. The average molecular weight is 339 g/mol. The van der Waals surface area contributed by atoms with Crippen molar-refractivity contribution in [2.75, 3.05) is 26.7 Å². The number of pyridine rings is 1. The summed E-state index contributed by atoms with van der Waals surface area (Å²) >= 11 is 0. The smallest absolute Gasteiger partial charge is 0.220 e. The third kappa shape index (κ3) is 4.17. The van der Waals surface area contributed by atoms with Crippen LogP contribution in [0.3, 0.4) is 0 Å². The van der Waals surface area contributed by atoms with Crippen LogP contribution in [-0.4, -0.2) is 47.4 Å². The molecule has 5 heteroatoms. The van der Waals surface area contributed by atoms with E-state index in [0.29, 0.717) is 0 Å². The lowest BCUT2D eigenvalue weighted by Crippen LogP contribution is -2.49. The minimum absolute atomic E-state index is 0.0653. The number of aromatic nitrogens is 1. The number of aryl methyl sites for hydroxylation is 1. The van der Waals surface area contributed by atoms with E-state index in [-0.39, 0.29) is 11.9 Å². The second-order valence-corrected chi connectivity index (χ2v) is 6.54. The van der Waals surface area contributed by atoms with Crippen molar-refractivity contribution in [1.29, 1.82) is 0 Å². The van der Waals surface area contributed by atoms with E-state index in [9.17, 15) is 4.79 Å². The van der Waals surface area contributed by atoms with Gasteiger partial charge in [-0.2, -0.15) is 0 Å². The van der Waals surface area contributed by atoms with Gasteiger partial charge >= 0.3 is 0 Å². The Kier molecular flexibility index (Phi) is 5.34. The van der Waals surface area contributed by atoms with Crippen molar-refractivity contribution in [3.05, 3.63) is 59.4 Å². The lowest BCUT2D eigenvalue weighted by molar-refractivity contribution is -0.134. The number of carbonyl (C=O) groups excluding carboxylic acids is 1. The number of carbonyl (C=O) groups is 1. The first-order valence-corrected chi connectivity index (χ1v) is 8.62. The third-order valence-electron chi connectivity index (χ3n) is 4.75. The van der Waals surface area contributed by atoms with Gasteiger partial charge in [-0.25, -0.2) is 0 Å². The number of rotatable bonds is 4. The van der Waals surface area contributed by atoms with Crippen molar-refractivity contribution in [3.63, 3.8) is 0 Å². The number of amides is 1. The standard InChI is InChI=1S/C20H25N3O2/c1-15-4-5-17(12-21-15)13-22-10-11-23(16(2)24)20(14-22)18-6-8-19(25-3)9-7-18/h4-9,12,20H,10-11,13-14H2,1-3H3/t20-/m1/s1. The Bertz CT molecular complexity index is 713. The Labute approximate surface area is 149 Å². The van der Waals surface area contributed by atoms with E-state index in [1.165, 1.54) is 5.56 Å². The highest BCUT2D eigenvalue weighted by Gasteiger charge is 2.29. The van der Waals surface area contributed by atoms with Crippen molar-refractivity contribution < 1.29 is 9.53 Å². The number of hydrogen-bond acceptors (Lipinski definition) is 4. The second kappa shape index (κ2) is 7.66. The molecule has 1 aliphatic heterocycles. The van der Waals surface area contributed by atoms with Gasteiger partial charge < -0.3 is 9.64 Å². The number of piperazine rings is 1. The molecule has 5 nitrogen and oxygen atoms in total. The summed E-state index contributed by atoms with van der Waals surface area (Å²) in [5.41, 5.74) is 3.37. The van der Waals surface area contributed by atoms with Gasteiger partial charge in [0, 0.05) is 45.0 Å². The molecular formula is C20H25N3O2. The molecule has 3 rings (SSSR count). The van der Waals surface area contributed by atoms with E-state index >= 15 is 0 Å². The minimum atomic E-state index is 0.0653. The summed E-state index contributed by atoms with van der Waals surface area (Å²) in [6.45, 7) is 6.93. The van der Waals surface area contributed by atoms with Gasteiger partial charge in [-0.1, -0.05) is 18.2 Å². The van der Waals surface area contributed by atoms with Gasteiger partial charge in [0.15, 0.2) is 0 Å². The quantitative estimate of drug-likeness (QED) is 0.859. The predicted octanol–water partition coefficient (Wildman–Crippen LogP) is 2.80. The van der Waals surface area contributed by atoms with Crippen LogP contribution in [0.2, 0.25) is 0 Å². The number of methoxy groups -OCH3 is 1. The van der Waals surface area contributed by atoms with Crippen LogP contribution in [0.4, 0.5) is 0 Å². The summed E-state index contributed by atoms with van der Waals surface area (Å²) in [7, 11) is 1.66. The summed E-state index contributed by atoms with van der Waals surface area (Å²) in [6.07, 6.45) is 1.94. The van der Waals surface area contributed by atoms with Gasteiger partial charge in [-0.15, -0.1) is 0 Å². The molecule has 0 spiro atoms. The summed E-state index contributed by atoms with van der Waals surface area (Å²) in [5, 5.41) is 0. The summed E-state index contributed by atoms with van der Waals surface area (Å²) < 4.78 is 5.24. The molecule has 132 valence electrons. The van der Waals surface area contributed by atoms with Crippen LogP contribution in [0.1, 0.15) is 29.8 Å². The molecule has 1 amide bonds. The third-order valence-corrected chi connectivity index (χ3v) is 4.75. The topological polar surface area (TPSA) is 45.7 Å². The Morgan fingerprint density at radius 2 is 1.96 bits per heavy atom. The van der Waals surface area contributed by atoms with Crippen molar-refractivity contribution in [3.8, 4) is 5.75 Å². The molecule has 0 N–H and O–H groups in total. The molecule has 25 heavy (non-hydrogen) atoms. The molecule has 1 aliphatic rings. The number of benzene rings is 1. The van der Waals surface area contributed by atoms with Gasteiger partial charge in [0.25, 0.3) is 0 Å². The summed E-state index contributed by atoms with van der Waals surface area (Å²) in [6, 6.07) is 12.2. The number of ether oxygens (including phenoxy) is 1.